The van der Waals surface area contributed by atoms with E-state index in [0.29, 0.717) is 15.7 Å². The van der Waals surface area contributed by atoms with E-state index in [0.717, 1.165) is 5.69 Å². The zero-order chi connectivity index (χ0) is 12.1. The van der Waals surface area contributed by atoms with Gasteiger partial charge >= 0.3 is 0 Å². The summed E-state index contributed by atoms with van der Waals surface area (Å²) in [6.07, 6.45) is 3.32. The number of nitrogens with one attached hydrogen (secondary N) is 1. The first-order chi connectivity index (χ1) is 8.25. The third-order valence-corrected chi connectivity index (χ3v) is 2.55. The second-order valence-electron chi connectivity index (χ2n) is 3.25. The van der Waals surface area contributed by atoms with E-state index in [1.165, 1.54) is 0 Å². The van der Waals surface area contributed by atoms with Gasteiger partial charge in [0.15, 0.2) is 0 Å². The molecule has 0 aliphatic carbocycles. The first-order valence-electron chi connectivity index (χ1n) is 4.91. The van der Waals surface area contributed by atoms with Crippen LogP contribution in [0.1, 0.15) is 5.69 Å². The highest BCUT2D eigenvalue weighted by molar-refractivity contribution is 6.36. The number of aromatic nitrogens is 1. The molecular formula is C12H9Cl2N3. The molecule has 5 heteroatoms. The van der Waals surface area contributed by atoms with Gasteiger partial charge in [0.05, 0.1) is 22.6 Å². The molecule has 0 spiro atoms. The van der Waals surface area contributed by atoms with Crippen molar-refractivity contribution in [2.45, 2.75) is 0 Å². The van der Waals surface area contributed by atoms with Gasteiger partial charge in [0.2, 0.25) is 0 Å². The van der Waals surface area contributed by atoms with Crippen molar-refractivity contribution >= 4 is 35.1 Å². The van der Waals surface area contributed by atoms with Crippen LogP contribution in [0.5, 0.6) is 0 Å². The molecule has 0 fully saturated rings. The van der Waals surface area contributed by atoms with Gasteiger partial charge in [-0.3, -0.25) is 10.4 Å². The van der Waals surface area contributed by atoms with Crippen molar-refractivity contribution in [3.63, 3.8) is 0 Å². The lowest BCUT2D eigenvalue weighted by molar-refractivity contribution is 1.28. The van der Waals surface area contributed by atoms with Gasteiger partial charge in [-0.25, -0.2) is 0 Å². The van der Waals surface area contributed by atoms with Crippen molar-refractivity contribution in [1.29, 1.82) is 0 Å². The summed E-state index contributed by atoms with van der Waals surface area (Å²) >= 11 is 11.8. The molecule has 1 aromatic heterocycles. The minimum Gasteiger partial charge on any atom is -0.277 e. The Kier molecular flexibility index (Phi) is 3.96. The van der Waals surface area contributed by atoms with Crippen LogP contribution in [0.25, 0.3) is 0 Å². The number of hydrogen-bond donors (Lipinski definition) is 1. The summed E-state index contributed by atoms with van der Waals surface area (Å²) in [6.45, 7) is 0. The maximum absolute atomic E-state index is 5.97. The van der Waals surface area contributed by atoms with Crippen LogP contribution in [-0.2, 0) is 0 Å². The number of rotatable bonds is 3. The van der Waals surface area contributed by atoms with Crippen molar-refractivity contribution in [2.75, 3.05) is 5.43 Å². The second kappa shape index (κ2) is 5.66. The molecule has 0 unspecified atom stereocenters. The number of anilines is 1. The molecule has 0 atom stereocenters. The first kappa shape index (κ1) is 11.9. The molecule has 1 aromatic carbocycles. The average molecular weight is 266 g/mol. The number of halogens is 2. The zero-order valence-corrected chi connectivity index (χ0v) is 10.3. The van der Waals surface area contributed by atoms with Crippen molar-refractivity contribution < 1.29 is 0 Å². The lowest BCUT2D eigenvalue weighted by Crippen LogP contribution is -1.92. The highest BCUT2D eigenvalue weighted by atomic mass is 35.5. The number of benzene rings is 1. The van der Waals surface area contributed by atoms with E-state index in [2.05, 4.69) is 15.5 Å². The quantitative estimate of drug-likeness (QED) is 0.677. The fraction of sp³-hybridized carbons (Fsp3) is 0. The Hall–Kier alpha value is -1.58. The van der Waals surface area contributed by atoms with Gasteiger partial charge in [0.25, 0.3) is 0 Å². The summed E-state index contributed by atoms with van der Waals surface area (Å²) in [5.41, 5.74) is 4.29. The summed E-state index contributed by atoms with van der Waals surface area (Å²) in [6, 6.07) is 10.8. The monoisotopic (exact) mass is 265 g/mol. The Morgan fingerprint density at radius 1 is 1.18 bits per heavy atom. The van der Waals surface area contributed by atoms with Gasteiger partial charge in [0, 0.05) is 11.2 Å². The van der Waals surface area contributed by atoms with Gasteiger partial charge in [-0.05, 0) is 30.3 Å². The van der Waals surface area contributed by atoms with E-state index in [1.807, 2.05) is 18.2 Å². The van der Waals surface area contributed by atoms with Crippen LogP contribution in [0.4, 0.5) is 5.69 Å². The van der Waals surface area contributed by atoms with E-state index in [9.17, 15) is 0 Å². The van der Waals surface area contributed by atoms with Crippen LogP contribution in [0.2, 0.25) is 10.0 Å². The number of pyridine rings is 1. The number of hydrogen-bond acceptors (Lipinski definition) is 3. The zero-order valence-electron chi connectivity index (χ0n) is 8.77. The summed E-state index contributed by atoms with van der Waals surface area (Å²) in [5, 5.41) is 5.15. The lowest BCUT2D eigenvalue weighted by Gasteiger charge is -2.02. The molecule has 0 saturated carbocycles. The largest absolute Gasteiger partial charge is 0.277 e. The lowest BCUT2D eigenvalue weighted by atomic mass is 10.3. The van der Waals surface area contributed by atoms with E-state index >= 15 is 0 Å². The average Bonchev–Trinajstić information content (AvgIpc) is 2.33. The summed E-state index contributed by atoms with van der Waals surface area (Å²) < 4.78 is 0. The molecule has 0 aliphatic heterocycles. The van der Waals surface area contributed by atoms with Crippen LogP contribution in [0.3, 0.4) is 0 Å². The van der Waals surface area contributed by atoms with Gasteiger partial charge in [0.1, 0.15) is 0 Å². The van der Waals surface area contributed by atoms with Crippen molar-refractivity contribution in [3.05, 3.63) is 58.3 Å². The van der Waals surface area contributed by atoms with Gasteiger partial charge in [-0.1, -0.05) is 29.3 Å². The molecule has 0 aliphatic rings. The van der Waals surface area contributed by atoms with Gasteiger partial charge < -0.3 is 0 Å². The molecule has 1 N–H and O–H groups in total. The van der Waals surface area contributed by atoms with E-state index < -0.39 is 0 Å². The molecule has 2 aromatic rings. The smallest absolute Gasteiger partial charge is 0.0830 e. The Labute approximate surface area is 109 Å². The molecule has 1 heterocycles. The van der Waals surface area contributed by atoms with Crippen LogP contribution < -0.4 is 5.43 Å². The molecule has 17 heavy (non-hydrogen) atoms. The minimum atomic E-state index is 0.524. The number of nitrogens with zero attached hydrogens (tertiary/aromatic N) is 2. The maximum Gasteiger partial charge on any atom is 0.0830 e. The Bertz CT molecular complexity index is 527. The summed E-state index contributed by atoms with van der Waals surface area (Å²) in [5.74, 6) is 0. The first-order valence-corrected chi connectivity index (χ1v) is 5.66. The second-order valence-corrected chi connectivity index (χ2v) is 4.09. The predicted molar refractivity (Wildman–Crippen MR) is 71.9 cm³/mol. The molecule has 3 nitrogen and oxygen atoms in total. The van der Waals surface area contributed by atoms with E-state index in [4.69, 9.17) is 23.2 Å². The molecule has 0 amide bonds. The fourth-order valence-electron chi connectivity index (χ4n) is 1.20. The van der Waals surface area contributed by atoms with Crippen LogP contribution in [0, 0.1) is 0 Å². The Balaban J connectivity index is 2.05. The van der Waals surface area contributed by atoms with Gasteiger partial charge in [-0.2, -0.15) is 5.10 Å². The molecule has 0 saturated heterocycles. The fourth-order valence-corrected chi connectivity index (χ4v) is 1.65. The van der Waals surface area contributed by atoms with Crippen molar-refractivity contribution in [1.82, 2.24) is 4.98 Å². The topological polar surface area (TPSA) is 37.3 Å². The van der Waals surface area contributed by atoms with E-state index in [1.54, 1.807) is 30.6 Å². The van der Waals surface area contributed by atoms with Crippen LogP contribution in [0.15, 0.2) is 47.7 Å². The Morgan fingerprint density at radius 3 is 2.76 bits per heavy atom. The highest BCUT2D eigenvalue weighted by Gasteiger charge is 1.98. The third-order valence-electron chi connectivity index (χ3n) is 2.00. The maximum atomic E-state index is 5.97. The van der Waals surface area contributed by atoms with Crippen molar-refractivity contribution in [2.24, 2.45) is 5.10 Å². The summed E-state index contributed by atoms with van der Waals surface area (Å²) in [4.78, 5) is 4.10. The highest BCUT2D eigenvalue weighted by Crippen LogP contribution is 2.25. The van der Waals surface area contributed by atoms with Crippen LogP contribution in [-0.4, -0.2) is 11.2 Å². The van der Waals surface area contributed by atoms with E-state index in [-0.39, 0.29) is 0 Å². The van der Waals surface area contributed by atoms with Gasteiger partial charge in [-0.15, -0.1) is 0 Å². The Morgan fingerprint density at radius 2 is 2.06 bits per heavy atom. The molecular weight excluding hydrogens is 257 g/mol. The molecule has 0 bridgehead atoms. The van der Waals surface area contributed by atoms with Crippen molar-refractivity contribution in [3.8, 4) is 0 Å². The summed E-state index contributed by atoms with van der Waals surface area (Å²) in [7, 11) is 0. The molecule has 0 radical (unpaired) electrons. The van der Waals surface area contributed by atoms with Crippen LogP contribution >= 0.6 is 23.2 Å². The minimum absolute atomic E-state index is 0.524. The normalized spacial score (nSPS) is 10.7. The standard InChI is InChI=1S/C12H9Cl2N3/c13-9-4-5-12(11(14)7-9)17-16-8-10-3-1-2-6-15-10/h1-8,17H/b16-8+. The molecule has 2 rings (SSSR count). The predicted octanol–water partition coefficient (Wildman–Crippen LogP) is 3.83. The SMILES string of the molecule is Clc1ccc(N/N=C/c2ccccn2)c(Cl)c1. The molecule has 86 valence electrons. The third kappa shape index (κ3) is 3.44. The number of hydrazone groups is 1.